The number of hydrogen-bond donors (Lipinski definition) is 0. The molecule has 8 heavy (non-hydrogen) atoms. The monoisotopic (exact) mass is 112 g/mol. The highest BCUT2D eigenvalue weighted by atomic mass is 15.5. The molecule has 0 amide bonds. The third-order valence-corrected chi connectivity index (χ3v) is 2.76. The predicted molar refractivity (Wildman–Crippen MR) is 35.3 cm³/mol. The SMILES string of the molecule is C=C[N+]1(C)C(C)C1C. The van der Waals surface area contributed by atoms with Crippen LogP contribution in [0.2, 0.25) is 0 Å². The van der Waals surface area contributed by atoms with Gasteiger partial charge in [-0.25, -0.2) is 0 Å². The summed E-state index contributed by atoms with van der Waals surface area (Å²) in [6, 6.07) is 1.60. The van der Waals surface area contributed by atoms with E-state index in [1.54, 1.807) is 0 Å². The molecular weight excluding hydrogens is 98.1 g/mol. The lowest BCUT2D eigenvalue weighted by Crippen LogP contribution is -2.14. The highest BCUT2D eigenvalue weighted by Gasteiger charge is 2.55. The second-order valence-corrected chi connectivity index (χ2v) is 2.89. The molecule has 0 radical (unpaired) electrons. The maximum atomic E-state index is 3.77. The fourth-order valence-corrected chi connectivity index (χ4v) is 1.23. The lowest BCUT2D eigenvalue weighted by Gasteiger charge is -2.04. The minimum Gasteiger partial charge on any atom is -0.286 e. The third kappa shape index (κ3) is 0.451. The van der Waals surface area contributed by atoms with E-state index < -0.39 is 0 Å². The largest absolute Gasteiger partial charge is 0.286 e. The van der Waals surface area contributed by atoms with Crippen molar-refractivity contribution >= 4 is 0 Å². The fourth-order valence-electron chi connectivity index (χ4n) is 1.23. The van der Waals surface area contributed by atoms with Crippen LogP contribution in [0.3, 0.4) is 0 Å². The van der Waals surface area contributed by atoms with Gasteiger partial charge in [-0.05, 0) is 20.4 Å². The minimum absolute atomic E-state index is 0.799. The van der Waals surface area contributed by atoms with Crippen molar-refractivity contribution in [1.29, 1.82) is 0 Å². The first-order valence-electron chi connectivity index (χ1n) is 3.12. The van der Waals surface area contributed by atoms with Gasteiger partial charge >= 0.3 is 0 Å². The van der Waals surface area contributed by atoms with Gasteiger partial charge in [0.1, 0.15) is 12.1 Å². The smallest absolute Gasteiger partial charge is 0.143 e. The molecule has 1 heteroatoms. The van der Waals surface area contributed by atoms with Crippen molar-refractivity contribution < 1.29 is 4.48 Å². The van der Waals surface area contributed by atoms with E-state index >= 15 is 0 Å². The van der Waals surface area contributed by atoms with Crippen LogP contribution >= 0.6 is 0 Å². The van der Waals surface area contributed by atoms with Gasteiger partial charge in [-0.15, -0.1) is 0 Å². The van der Waals surface area contributed by atoms with Crippen LogP contribution in [0.1, 0.15) is 13.8 Å². The molecule has 0 spiro atoms. The molecule has 0 N–H and O–H groups in total. The van der Waals surface area contributed by atoms with E-state index in [9.17, 15) is 0 Å². The topological polar surface area (TPSA) is 0 Å². The molecule has 2 atom stereocenters. The molecule has 1 saturated heterocycles. The Balaban J connectivity index is 2.63. The Kier molecular flexibility index (Phi) is 0.984. The average Bonchev–Trinajstić information content (AvgIpc) is 2.22. The van der Waals surface area contributed by atoms with Gasteiger partial charge in [0, 0.05) is 0 Å². The molecule has 0 saturated carbocycles. The van der Waals surface area contributed by atoms with Crippen LogP contribution in [0.4, 0.5) is 0 Å². The summed E-state index contributed by atoms with van der Waals surface area (Å²) in [5.41, 5.74) is 0. The van der Waals surface area contributed by atoms with Gasteiger partial charge in [-0.1, -0.05) is 0 Å². The van der Waals surface area contributed by atoms with Gasteiger partial charge in [0.15, 0.2) is 0 Å². The van der Waals surface area contributed by atoms with E-state index in [1.165, 1.54) is 0 Å². The van der Waals surface area contributed by atoms with Crippen molar-refractivity contribution in [2.45, 2.75) is 25.9 Å². The van der Waals surface area contributed by atoms with E-state index in [-0.39, 0.29) is 0 Å². The second-order valence-electron chi connectivity index (χ2n) is 2.89. The fraction of sp³-hybridized carbons (Fsp3) is 0.714. The van der Waals surface area contributed by atoms with Crippen LogP contribution in [0, 0.1) is 0 Å². The van der Waals surface area contributed by atoms with Crippen LogP contribution < -0.4 is 0 Å². The lowest BCUT2D eigenvalue weighted by molar-refractivity contribution is -0.746. The van der Waals surface area contributed by atoms with E-state index in [4.69, 9.17) is 0 Å². The first kappa shape index (κ1) is 5.83. The van der Waals surface area contributed by atoms with Crippen LogP contribution in [-0.2, 0) is 0 Å². The Morgan fingerprint density at radius 2 is 1.75 bits per heavy atom. The molecule has 1 aliphatic rings. The van der Waals surface area contributed by atoms with Crippen LogP contribution in [0.5, 0.6) is 0 Å². The number of rotatable bonds is 1. The number of quaternary nitrogens is 1. The van der Waals surface area contributed by atoms with Crippen molar-refractivity contribution in [3.63, 3.8) is 0 Å². The summed E-state index contributed by atoms with van der Waals surface area (Å²) in [5.74, 6) is 0. The summed E-state index contributed by atoms with van der Waals surface area (Å²) in [4.78, 5) is 0. The number of hydrogen-bond acceptors (Lipinski definition) is 0. The highest BCUT2D eigenvalue weighted by molar-refractivity contribution is 4.83. The Labute approximate surface area is 51.2 Å². The first-order chi connectivity index (χ1) is 3.63. The predicted octanol–water partition coefficient (Wildman–Crippen LogP) is 1.37. The van der Waals surface area contributed by atoms with Gasteiger partial charge in [-0.2, -0.15) is 0 Å². The Bertz CT molecular complexity index is 110. The molecule has 1 nitrogen and oxygen atoms in total. The van der Waals surface area contributed by atoms with Crippen molar-refractivity contribution in [3.05, 3.63) is 12.8 Å². The van der Waals surface area contributed by atoms with Crippen LogP contribution in [0.25, 0.3) is 0 Å². The van der Waals surface area contributed by atoms with Crippen molar-refractivity contribution in [2.75, 3.05) is 7.05 Å². The summed E-state index contributed by atoms with van der Waals surface area (Å²) in [6.07, 6.45) is 2.02. The van der Waals surface area contributed by atoms with Gasteiger partial charge in [0.25, 0.3) is 0 Å². The molecule has 2 unspecified atom stereocenters. The quantitative estimate of drug-likeness (QED) is 0.355. The Morgan fingerprint density at radius 1 is 1.38 bits per heavy atom. The summed E-state index contributed by atoms with van der Waals surface area (Å²) in [7, 11) is 2.21. The van der Waals surface area contributed by atoms with Crippen molar-refractivity contribution in [2.24, 2.45) is 0 Å². The molecule has 1 fully saturated rings. The zero-order valence-corrected chi connectivity index (χ0v) is 5.89. The zero-order valence-electron chi connectivity index (χ0n) is 5.89. The molecule has 46 valence electrons. The minimum atomic E-state index is 0.799. The third-order valence-electron chi connectivity index (χ3n) is 2.76. The zero-order chi connectivity index (χ0) is 6.36. The van der Waals surface area contributed by atoms with E-state index in [2.05, 4.69) is 27.5 Å². The summed E-state index contributed by atoms with van der Waals surface area (Å²) < 4.78 is 1.06. The van der Waals surface area contributed by atoms with Crippen molar-refractivity contribution in [3.8, 4) is 0 Å². The normalized spacial score (nSPS) is 53.4. The highest BCUT2D eigenvalue weighted by Crippen LogP contribution is 2.36. The molecule has 1 heterocycles. The summed E-state index contributed by atoms with van der Waals surface area (Å²) in [5, 5.41) is 0. The molecule has 0 aliphatic carbocycles. The van der Waals surface area contributed by atoms with Gasteiger partial charge in [0.05, 0.1) is 13.2 Å². The van der Waals surface area contributed by atoms with E-state index in [0.29, 0.717) is 0 Å². The van der Waals surface area contributed by atoms with E-state index in [1.807, 2.05) is 6.20 Å². The average molecular weight is 112 g/mol. The first-order valence-corrected chi connectivity index (χ1v) is 3.12. The number of likely N-dealkylation sites (N-methyl/N-ethyl adjacent to an activating group) is 1. The molecule has 0 aromatic rings. The molecule has 1 aliphatic heterocycles. The summed E-state index contributed by atoms with van der Waals surface area (Å²) in [6.45, 7) is 8.28. The molecule has 0 bridgehead atoms. The van der Waals surface area contributed by atoms with Crippen LogP contribution in [0.15, 0.2) is 12.8 Å². The van der Waals surface area contributed by atoms with Gasteiger partial charge < -0.3 is 0 Å². The molecule has 0 aromatic heterocycles. The Morgan fingerprint density at radius 3 is 1.75 bits per heavy atom. The molecule has 0 aromatic carbocycles. The van der Waals surface area contributed by atoms with Crippen LogP contribution in [-0.4, -0.2) is 23.6 Å². The maximum absolute atomic E-state index is 3.77. The number of nitrogens with zero attached hydrogens (tertiary/aromatic N) is 1. The van der Waals surface area contributed by atoms with Gasteiger partial charge in [-0.3, -0.25) is 4.48 Å². The maximum Gasteiger partial charge on any atom is 0.143 e. The standard InChI is InChI=1S/C7H14N/c1-5-8(4)6(2)7(8)3/h5-7H,1H2,2-4H3/q+1. The second kappa shape index (κ2) is 1.35. The van der Waals surface area contributed by atoms with E-state index in [0.717, 1.165) is 16.6 Å². The van der Waals surface area contributed by atoms with Crippen molar-refractivity contribution in [1.82, 2.24) is 0 Å². The summed E-state index contributed by atoms with van der Waals surface area (Å²) >= 11 is 0. The van der Waals surface area contributed by atoms with Gasteiger partial charge in [0.2, 0.25) is 0 Å². The molecule has 1 rings (SSSR count). The molecular formula is C7H14N+. The lowest BCUT2D eigenvalue weighted by atomic mass is 10.4. The Hall–Kier alpha value is -0.300.